The second kappa shape index (κ2) is 9.12. The van der Waals surface area contributed by atoms with Crippen molar-refractivity contribution in [1.82, 2.24) is 9.88 Å². The number of likely N-dealkylation sites (tertiary alicyclic amines) is 1. The first kappa shape index (κ1) is 23.8. The number of rotatable bonds is 4. The first-order valence-corrected chi connectivity index (χ1v) is 11.5. The summed E-state index contributed by atoms with van der Waals surface area (Å²) >= 11 is 0. The van der Waals surface area contributed by atoms with Gasteiger partial charge in [0.15, 0.2) is 0 Å². The minimum absolute atomic E-state index is 0.106. The number of halogens is 3. The van der Waals surface area contributed by atoms with Gasteiger partial charge in [-0.1, -0.05) is 19.3 Å². The van der Waals surface area contributed by atoms with E-state index >= 15 is 0 Å². The molecule has 4 fully saturated rings. The number of anilines is 1. The number of ether oxygens (including phenoxy) is 1. The molecular weight excluding hydrogens is 439 g/mol. The highest BCUT2D eigenvalue weighted by Crippen LogP contribution is 2.47. The molecule has 3 aliphatic heterocycles. The maximum Gasteiger partial charge on any atom is 0.490 e. The van der Waals surface area contributed by atoms with Gasteiger partial charge in [-0.15, -0.1) is 0 Å². The summed E-state index contributed by atoms with van der Waals surface area (Å²) in [7, 11) is 0. The lowest BCUT2D eigenvalue weighted by Crippen LogP contribution is -2.72. The van der Waals surface area contributed by atoms with Crippen molar-refractivity contribution in [2.75, 3.05) is 37.6 Å². The van der Waals surface area contributed by atoms with Gasteiger partial charge in [-0.25, -0.2) is 4.79 Å². The van der Waals surface area contributed by atoms with Crippen LogP contribution in [0.5, 0.6) is 0 Å². The Morgan fingerprint density at radius 2 is 1.73 bits per heavy atom. The fourth-order valence-electron chi connectivity index (χ4n) is 5.72. The summed E-state index contributed by atoms with van der Waals surface area (Å²) in [5, 5.41) is 7.12. The number of aliphatic carboxylic acids is 1. The van der Waals surface area contributed by atoms with Crippen LogP contribution in [0.1, 0.15) is 44.9 Å². The molecule has 33 heavy (non-hydrogen) atoms. The van der Waals surface area contributed by atoms with E-state index in [0.29, 0.717) is 5.41 Å². The van der Waals surface area contributed by atoms with E-state index in [4.69, 9.17) is 14.6 Å². The molecular formula is C23H30F3N3O4. The van der Waals surface area contributed by atoms with Crippen LogP contribution in [0, 0.1) is 10.8 Å². The summed E-state index contributed by atoms with van der Waals surface area (Å²) in [6.07, 6.45) is 6.59. The highest BCUT2D eigenvalue weighted by Gasteiger charge is 2.52. The minimum Gasteiger partial charge on any atom is -0.475 e. The fourth-order valence-corrected chi connectivity index (χ4v) is 5.72. The first-order valence-electron chi connectivity index (χ1n) is 11.5. The molecule has 0 aromatic carbocycles. The van der Waals surface area contributed by atoms with Crippen molar-refractivity contribution in [3.05, 3.63) is 24.5 Å². The van der Waals surface area contributed by atoms with Crippen molar-refractivity contribution in [2.24, 2.45) is 10.8 Å². The van der Waals surface area contributed by atoms with Crippen LogP contribution < -0.4 is 4.90 Å². The van der Waals surface area contributed by atoms with E-state index in [-0.39, 0.29) is 17.5 Å². The molecule has 1 aliphatic carbocycles. The van der Waals surface area contributed by atoms with E-state index in [2.05, 4.69) is 26.9 Å². The Kier molecular flexibility index (Phi) is 6.57. The zero-order valence-electron chi connectivity index (χ0n) is 18.5. The standard InChI is InChI=1S/C21H29N3O2.C2HF3O2/c25-19-21(7-2-1-3-8-21)12-18(26-19)6-11-23-13-20(14-23)15-24(16-20)17-4-9-22-10-5-17;3-2(4,5)1(6)7/h4-5,9-10,18H,1-3,6-8,11-16H2;(H,6,7). The number of carbonyl (C=O) groups excluding carboxylic acids is 1. The zero-order chi connectivity index (χ0) is 23.7. The van der Waals surface area contributed by atoms with Crippen LogP contribution in [-0.4, -0.2) is 71.9 Å². The van der Waals surface area contributed by atoms with Crippen LogP contribution in [0.3, 0.4) is 0 Å². The summed E-state index contributed by atoms with van der Waals surface area (Å²) in [5.41, 5.74) is 1.68. The first-order chi connectivity index (χ1) is 15.6. The predicted molar refractivity (Wildman–Crippen MR) is 114 cm³/mol. The van der Waals surface area contributed by atoms with Crippen LogP contribution in [0.25, 0.3) is 0 Å². The number of carboxylic acid groups (broad SMARTS) is 1. The molecule has 0 radical (unpaired) electrons. The van der Waals surface area contributed by atoms with Crippen molar-refractivity contribution in [1.29, 1.82) is 0 Å². The van der Waals surface area contributed by atoms with Gasteiger partial charge in [0.05, 0.1) is 5.41 Å². The molecule has 4 aliphatic rings. The molecule has 1 unspecified atom stereocenters. The monoisotopic (exact) mass is 469 g/mol. The third kappa shape index (κ3) is 5.26. The molecule has 1 aromatic heterocycles. The highest BCUT2D eigenvalue weighted by molar-refractivity contribution is 5.79. The van der Waals surface area contributed by atoms with Crippen LogP contribution in [-0.2, 0) is 14.3 Å². The maximum absolute atomic E-state index is 12.4. The van der Waals surface area contributed by atoms with Gasteiger partial charge in [-0.3, -0.25) is 9.78 Å². The minimum atomic E-state index is -5.08. The second-order valence-corrected chi connectivity index (χ2v) is 9.94. The van der Waals surface area contributed by atoms with Gasteiger partial charge in [-0.05, 0) is 31.4 Å². The number of aromatic nitrogens is 1. The van der Waals surface area contributed by atoms with E-state index in [9.17, 15) is 18.0 Å². The largest absolute Gasteiger partial charge is 0.490 e. The number of pyridine rings is 1. The number of cyclic esters (lactones) is 1. The van der Waals surface area contributed by atoms with Gasteiger partial charge in [0.1, 0.15) is 6.10 Å². The lowest BCUT2D eigenvalue weighted by molar-refractivity contribution is -0.192. The molecule has 5 rings (SSSR count). The van der Waals surface area contributed by atoms with Crippen molar-refractivity contribution in [3.63, 3.8) is 0 Å². The molecule has 182 valence electrons. The third-order valence-corrected chi connectivity index (χ3v) is 7.34. The average Bonchev–Trinajstić information content (AvgIpc) is 3.01. The Hall–Kier alpha value is -2.36. The topological polar surface area (TPSA) is 83.0 Å². The number of hydrogen-bond acceptors (Lipinski definition) is 6. The predicted octanol–water partition coefficient (Wildman–Crippen LogP) is 3.49. The molecule has 0 amide bonds. The molecule has 1 aromatic rings. The van der Waals surface area contributed by atoms with Crippen LogP contribution in [0.15, 0.2) is 24.5 Å². The zero-order valence-corrected chi connectivity index (χ0v) is 18.5. The van der Waals surface area contributed by atoms with E-state index in [0.717, 1.165) is 45.3 Å². The van der Waals surface area contributed by atoms with Crippen LogP contribution in [0.2, 0.25) is 0 Å². The van der Waals surface area contributed by atoms with Crippen molar-refractivity contribution >= 4 is 17.6 Å². The molecule has 0 bridgehead atoms. The van der Waals surface area contributed by atoms with E-state index in [1.165, 1.54) is 38.0 Å². The number of hydrogen-bond donors (Lipinski definition) is 1. The number of carboxylic acids is 1. The SMILES string of the molecule is O=C(O)C(F)(F)F.O=C1OC(CCN2CC3(C2)CN(c2ccncc2)C3)CC12CCCCC2. The summed E-state index contributed by atoms with van der Waals surface area (Å²) in [4.78, 5) is 30.4. The van der Waals surface area contributed by atoms with Crippen LogP contribution in [0.4, 0.5) is 18.9 Å². The Balaban J connectivity index is 0.000000325. The Morgan fingerprint density at radius 1 is 1.12 bits per heavy atom. The average molecular weight is 470 g/mol. The number of alkyl halides is 3. The fraction of sp³-hybridized carbons (Fsp3) is 0.696. The summed E-state index contributed by atoms with van der Waals surface area (Å²) < 4.78 is 37.5. The third-order valence-electron chi connectivity index (χ3n) is 7.34. The molecule has 1 saturated carbocycles. The van der Waals surface area contributed by atoms with Gasteiger partial charge in [0.2, 0.25) is 0 Å². The van der Waals surface area contributed by atoms with Gasteiger partial charge in [0, 0.05) is 62.6 Å². The quantitative estimate of drug-likeness (QED) is 0.676. The summed E-state index contributed by atoms with van der Waals surface area (Å²) in [6.45, 7) is 5.79. The number of carbonyl (C=O) groups is 2. The summed E-state index contributed by atoms with van der Waals surface area (Å²) in [6, 6.07) is 4.19. The van der Waals surface area contributed by atoms with Gasteiger partial charge >= 0.3 is 18.1 Å². The van der Waals surface area contributed by atoms with Crippen LogP contribution >= 0.6 is 0 Å². The second-order valence-electron chi connectivity index (χ2n) is 9.94. The molecule has 10 heteroatoms. The lowest BCUT2D eigenvalue weighted by atomic mass is 9.71. The molecule has 2 spiro atoms. The van der Waals surface area contributed by atoms with Crippen molar-refractivity contribution in [2.45, 2.75) is 57.2 Å². The molecule has 7 nitrogen and oxygen atoms in total. The molecule has 1 N–H and O–H groups in total. The van der Waals surface area contributed by atoms with E-state index in [1.54, 1.807) is 0 Å². The number of esters is 1. The lowest BCUT2D eigenvalue weighted by Gasteiger charge is -2.61. The highest BCUT2D eigenvalue weighted by atomic mass is 19.4. The van der Waals surface area contributed by atoms with E-state index in [1.807, 2.05) is 12.4 Å². The number of nitrogens with zero attached hydrogens (tertiary/aromatic N) is 3. The van der Waals surface area contributed by atoms with Crippen molar-refractivity contribution < 1.29 is 32.6 Å². The van der Waals surface area contributed by atoms with Gasteiger partial charge in [0.25, 0.3) is 0 Å². The van der Waals surface area contributed by atoms with E-state index < -0.39 is 12.1 Å². The molecule has 4 heterocycles. The molecule has 1 atom stereocenters. The Bertz CT molecular complexity index is 844. The molecule has 3 saturated heterocycles. The smallest absolute Gasteiger partial charge is 0.475 e. The Labute approximate surface area is 190 Å². The van der Waals surface area contributed by atoms with Gasteiger partial charge in [-0.2, -0.15) is 13.2 Å². The van der Waals surface area contributed by atoms with Gasteiger partial charge < -0.3 is 19.6 Å². The Morgan fingerprint density at radius 3 is 2.30 bits per heavy atom. The maximum atomic E-state index is 12.4. The van der Waals surface area contributed by atoms with Crippen molar-refractivity contribution in [3.8, 4) is 0 Å². The normalized spacial score (nSPS) is 25.6. The summed E-state index contributed by atoms with van der Waals surface area (Å²) in [5.74, 6) is -2.65.